The summed E-state index contributed by atoms with van der Waals surface area (Å²) in [5, 5.41) is 3.48. The number of halogens is 1. The van der Waals surface area contributed by atoms with Crippen molar-refractivity contribution in [1.82, 2.24) is 15.3 Å². The maximum Gasteiger partial charge on any atom is 0.251 e. The van der Waals surface area contributed by atoms with E-state index >= 15 is 0 Å². The first kappa shape index (κ1) is 15.4. The molecule has 2 aromatic carbocycles. The van der Waals surface area contributed by atoms with Crippen molar-refractivity contribution in [3.8, 4) is 5.75 Å². The van der Waals surface area contributed by atoms with Gasteiger partial charge in [-0.25, -0.2) is 4.98 Å². The number of methoxy groups -OCH3 is 1. The maximum absolute atomic E-state index is 12.2. The number of H-pyrrole nitrogens is 1. The zero-order chi connectivity index (χ0) is 16.2. The zero-order valence-electron chi connectivity index (χ0n) is 12.6. The Hall–Kier alpha value is -2.53. The molecule has 0 aliphatic rings. The van der Waals surface area contributed by atoms with Gasteiger partial charge in [-0.05, 0) is 42.3 Å². The average Bonchev–Trinajstić information content (AvgIpc) is 3.02. The number of carbonyl (C=O) groups excluding carboxylic acids is 1. The summed E-state index contributed by atoms with van der Waals surface area (Å²) >= 11 is 6.09. The van der Waals surface area contributed by atoms with Crippen molar-refractivity contribution in [1.29, 1.82) is 0 Å². The fraction of sp³-hybridized carbons (Fsp3) is 0.176. The molecule has 6 heteroatoms. The molecular formula is C17H16ClN3O2. The molecule has 0 saturated carbocycles. The summed E-state index contributed by atoms with van der Waals surface area (Å²) in [5.41, 5.74) is 3.34. The van der Waals surface area contributed by atoms with Gasteiger partial charge in [0.1, 0.15) is 5.75 Å². The third-order valence-electron chi connectivity index (χ3n) is 3.60. The first-order valence-corrected chi connectivity index (χ1v) is 7.59. The minimum Gasteiger partial charge on any atom is -0.495 e. The molecule has 5 nitrogen and oxygen atoms in total. The summed E-state index contributed by atoms with van der Waals surface area (Å²) in [6, 6.07) is 11.0. The summed E-state index contributed by atoms with van der Waals surface area (Å²) in [6.45, 7) is 0.530. The number of carbonyl (C=O) groups is 1. The highest BCUT2D eigenvalue weighted by atomic mass is 35.5. The third kappa shape index (κ3) is 3.46. The van der Waals surface area contributed by atoms with E-state index in [9.17, 15) is 4.79 Å². The topological polar surface area (TPSA) is 67.0 Å². The largest absolute Gasteiger partial charge is 0.495 e. The van der Waals surface area contributed by atoms with Gasteiger partial charge < -0.3 is 15.0 Å². The summed E-state index contributed by atoms with van der Waals surface area (Å²) in [6.07, 6.45) is 2.31. The van der Waals surface area contributed by atoms with Crippen LogP contribution in [0.25, 0.3) is 11.0 Å². The minimum atomic E-state index is -0.110. The van der Waals surface area contributed by atoms with Crippen molar-refractivity contribution < 1.29 is 9.53 Å². The highest BCUT2D eigenvalue weighted by molar-refractivity contribution is 6.32. The van der Waals surface area contributed by atoms with E-state index in [0.29, 0.717) is 29.3 Å². The molecule has 0 atom stereocenters. The van der Waals surface area contributed by atoms with Crippen LogP contribution in [0.4, 0.5) is 0 Å². The van der Waals surface area contributed by atoms with Crippen LogP contribution < -0.4 is 10.1 Å². The third-order valence-corrected chi connectivity index (χ3v) is 3.89. The van der Waals surface area contributed by atoms with Crippen LogP contribution in [0.5, 0.6) is 5.75 Å². The Balaban J connectivity index is 1.59. The van der Waals surface area contributed by atoms with Gasteiger partial charge in [-0.2, -0.15) is 0 Å². The molecule has 0 fully saturated rings. The van der Waals surface area contributed by atoms with Gasteiger partial charge in [-0.3, -0.25) is 4.79 Å². The molecular weight excluding hydrogens is 314 g/mol. The molecule has 1 aromatic heterocycles. The maximum atomic E-state index is 12.2. The molecule has 118 valence electrons. The Labute approximate surface area is 138 Å². The van der Waals surface area contributed by atoms with Crippen molar-refractivity contribution >= 4 is 28.5 Å². The second-order valence-electron chi connectivity index (χ2n) is 5.11. The van der Waals surface area contributed by atoms with Gasteiger partial charge >= 0.3 is 0 Å². The fourth-order valence-corrected chi connectivity index (χ4v) is 2.64. The number of fused-ring (bicyclic) bond motifs is 1. The number of nitrogens with zero attached hydrogens (tertiary/aromatic N) is 1. The second kappa shape index (κ2) is 6.71. The lowest BCUT2D eigenvalue weighted by Crippen LogP contribution is -2.25. The summed E-state index contributed by atoms with van der Waals surface area (Å²) in [7, 11) is 1.58. The number of aromatic nitrogens is 2. The number of benzene rings is 2. The van der Waals surface area contributed by atoms with Crippen molar-refractivity contribution in [2.24, 2.45) is 0 Å². The van der Waals surface area contributed by atoms with Crippen LogP contribution in [0.1, 0.15) is 15.9 Å². The van der Waals surface area contributed by atoms with E-state index in [-0.39, 0.29) is 5.91 Å². The molecule has 23 heavy (non-hydrogen) atoms. The van der Waals surface area contributed by atoms with E-state index in [0.717, 1.165) is 16.6 Å². The van der Waals surface area contributed by atoms with Crippen molar-refractivity contribution in [2.45, 2.75) is 6.42 Å². The van der Waals surface area contributed by atoms with E-state index in [1.165, 1.54) is 0 Å². The molecule has 0 aliphatic carbocycles. The van der Waals surface area contributed by atoms with Gasteiger partial charge in [0, 0.05) is 12.1 Å². The predicted octanol–water partition coefficient (Wildman–Crippen LogP) is 3.20. The number of hydrogen-bond acceptors (Lipinski definition) is 3. The molecule has 0 bridgehead atoms. The summed E-state index contributed by atoms with van der Waals surface area (Å²) in [5.74, 6) is 0.536. The van der Waals surface area contributed by atoms with Crippen LogP contribution in [0.15, 0.2) is 42.7 Å². The molecule has 0 unspecified atom stereocenters. The molecule has 0 radical (unpaired) electrons. The summed E-state index contributed by atoms with van der Waals surface area (Å²) in [4.78, 5) is 19.3. The molecule has 0 aliphatic heterocycles. The summed E-state index contributed by atoms with van der Waals surface area (Å²) < 4.78 is 5.12. The minimum absolute atomic E-state index is 0.110. The Bertz CT molecular complexity index is 845. The molecule has 2 N–H and O–H groups in total. The van der Waals surface area contributed by atoms with E-state index in [1.54, 1.807) is 25.6 Å². The Morgan fingerprint density at radius 1 is 1.30 bits per heavy atom. The normalized spacial score (nSPS) is 10.7. The fourth-order valence-electron chi connectivity index (χ4n) is 2.36. The van der Waals surface area contributed by atoms with Gasteiger partial charge in [-0.1, -0.05) is 17.7 Å². The van der Waals surface area contributed by atoms with Crippen LogP contribution in [0.2, 0.25) is 5.02 Å². The SMILES string of the molecule is COc1ccc(CCNC(=O)c2ccc3nc[nH]c3c2)cc1Cl. The average molecular weight is 330 g/mol. The highest BCUT2D eigenvalue weighted by Gasteiger charge is 2.07. The quantitative estimate of drug-likeness (QED) is 0.755. The van der Waals surface area contributed by atoms with Gasteiger partial charge in [0.05, 0.1) is 29.5 Å². The number of ether oxygens (including phenoxy) is 1. The predicted molar refractivity (Wildman–Crippen MR) is 90.1 cm³/mol. The van der Waals surface area contributed by atoms with Crippen molar-refractivity contribution in [2.75, 3.05) is 13.7 Å². The second-order valence-corrected chi connectivity index (χ2v) is 5.52. The Kier molecular flexibility index (Phi) is 4.48. The first-order valence-electron chi connectivity index (χ1n) is 7.21. The lowest BCUT2D eigenvalue weighted by Gasteiger charge is -2.08. The van der Waals surface area contributed by atoms with Crippen LogP contribution in [0.3, 0.4) is 0 Å². The zero-order valence-corrected chi connectivity index (χ0v) is 13.4. The van der Waals surface area contributed by atoms with Gasteiger partial charge in [0.2, 0.25) is 0 Å². The standard InChI is InChI=1S/C17H16ClN3O2/c1-23-16-5-2-11(8-13(16)18)6-7-19-17(22)12-3-4-14-15(9-12)21-10-20-14/h2-5,8-10H,6-7H2,1H3,(H,19,22)(H,20,21). The van der Waals surface area contributed by atoms with E-state index in [4.69, 9.17) is 16.3 Å². The number of rotatable bonds is 5. The lowest BCUT2D eigenvalue weighted by atomic mass is 10.1. The van der Waals surface area contributed by atoms with Crippen LogP contribution in [-0.2, 0) is 6.42 Å². The van der Waals surface area contributed by atoms with E-state index < -0.39 is 0 Å². The van der Waals surface area contributed by atoms with Crippen LogP contribution >= 0.6 is 11.6 Å². The van der Waals surface area contributed by atoms with E-state index in [1.807, 2.05) is 24.3 Å². The number of amides is 1. The number of nitrogens with one attached hydrogen (secondary N) is 2. The van der Waals surface area contributed by atoms with E-state index in [2.05, 4.69) is 15.3 Å². The van der Waals surface area contributed by atoms with Crippen molar-refractivity contribution in [3.05, 3.63) is 58.9 Å². The van der Waals surface area contributed by atoms with Crippen LogP contribution in [0, 0.1) is 0 Å². The van der Waals surface area contributed by atoms with Gasteiger partial charge in [0.15, 0.2) is 0 Å². The molecule has 0 saturated heterocycles. The number of aromatic amines is 1. The number of imidazole rings is 1. The first-order chi connectivity index (χ1) is 11.2. The molecule has 3 aromatic rings. The lowest BCUT2D eigenvalue weighted by molar-refractivity contribution is 0.0954. The van der Waals surface area contributed by atoms with Crippen LogP contribution in [-0.4, -0.2) is 29.5 Å². The number of hydrogen-bond donors (Lipinski definition) is 2. The van der Waals surface area contributed by atoms with Gasteiger partial charge in [-0.15, -0.1) is 0 Å². The molecule has 3 rings (SSSR count). The van der Waals surface area contributed by atoms with Crippen molar-refractivity contribution in [3.63, 3.8) is 0 Å². The smallest absolute Gasteiger partial charge is 0.251 e. The molecule has 0 spiro atoms. The Morgan fingerprint density at radius 2 is 2.17 bits per heavy atom. The molecule has 1 heterocycles. The van der Waals surface area contributed by atoms with Gasteiger partial charge in [0.25, 0.3) is 5.91 Å². The Morgan fingerprint density at radius 3 is 2.96 bits per heavy atom. The highest BCUT2D eigenvalue weighted by Crippen LogP contribution is 2.24. The monoisotopic (exact) mass is 329 g/mol. The molecule has 1 amide bonds.